The predicted octanol–water partition coefficient (Wildman–Crippen LogP) is 2.85. The van der Waals surface area contributed by atoms with Crippen molar-refractivity contribution in [1.29, 1.82) is 0 Å². The lowest BCUT2D eigenvalue weighted by Gasteiger charge is -2.33. The van der Waals surface area contributed by atoms with Crippen molar-refractivity contribution in [3.63, 3.8) is 0 Å². The summed E-state index contributed by atoms with van der Waals surface area (Å²) in [5.74, 6) is -0.893. The van der Waals surface area contributed by atoms with Gasteiger partial charge in [0.25, 0.3) is 0 Å². The minimum absolute atomic E-state index is 0.0605. The number of carboxylic acids is 1. The van der Waals surface area contributed by atoms with E-state index in [1.807, 2.05) is 32.5 Å². The number of carboxylic acid groups (broad SMARTS) is 1. The highest BCUT2D eigenvalue weighted by molar-refractivity contribution is 7.99. The van der Waals surface area contributed by atoms with Gasteiger partial charge in [-0.1, -0.05) is 27.2 Å². The molecule has 0 aliphatic heterocycles. The smallest absolute Gasteiger partial charge is 0.315 e. The van der Waals surface area contributed by atoms with Crippen molar-refractivity contribution < 1.29 is 14.7 Å². The van der Waals surface area contributed by atoms with Crippen LogP contribution in [0.4, 0.5) is 4.79 Å². The molecule has 6 heteroatoms. The van der Waals surface area contributed by atoms with Crippen LogP contribution in [0.15, 0.2) is 0 Å². The molecule has 0 spiro atoms. The van der Waals surface area contributed by atoms with E-state index in [0.717, 1.165) is 19.3 Å². The van der Waals surface area contributed by atoms with E-state index in [1.165, 1.54) is 6.42 Å². The minimum Gasteiger partial charge on any atom is -0.481 e. The van der Waals surface area contributed by atoms with E-state index in [-0.39, 0.29) is 30.0 Å². The Morgan fingerprint density at radius 2 is 2.00 bits per heavy atom. The monoisotopic (exact) mass is 316 g/mol. The van der Waals surface area contributed by atoms with Crippen molar-refractivity contribution in [3.8, 4) is 0 Å². The summed E-state index contributed by atoms with van der Waals surface area (Å²) in [6, 6.07) is -0.431. The third-order valence-corrected chi connectivity index (χ3v) is 5.12. The largest absolute Gasteiger partial charge is 0.481 e. The lowest BCUT2D eigenvalue weighted by Crippen LogP contribution is -2.52. The van der Waals surface area contributed by atoms with Gasteiger partial charge in [-0.2, -0.15) is 11.8 Å². The molecule has 5 nitrogen and oxygen atoms in total. The first-order valence-corrected chi connectivity index (χ1v) is 8.82. The van der Waals surface area contributed by atoms with E-state index in [4.69, 9.17) is 5.11 Å². The molecule has 0 heterocycles. The van der Waals surface area contributed by atoms with Gasteiger partial charge in [-0.15, -0.1) is 0 Å². The van der Waals surface area contributed by atoms with E-state index in [0.29, 0.717) is 5.25 Å². The maximum absolute atomic E-state index is 12.1. The number of hydrogen-bond acceptors (Lipinski definition) is 3. The first-order chi connectivity index (χ1) is 9.72. The third kappa shape index (κ3) is 6.59. The first-order valence-electron chi connectivity index (χ1n) is 7.54. The number of thioether (sulfide) groups is 1. The van der Waals surface area contributed by atoms with E-state index in [1.54, 1.807) is 0 Å². The molecule has 3 atom stereocenters. The second kappa shape index (κ2) is 7.92. The Balaban J connectivity index is 2.51. The van der Waals surface area contributed by atoms with Crippen LogP contribution in [0.3, 0.4) is 0 Å². The van der Waals surface area contributed by atoms with Gasteiger partial charge in [0, 0.05) is 17.3 Å². The average molecular weight is 316 g/mol. The quantitative estimate of drug-likeness (QED) is 0.729. The highest BCUT2D eigenvalue weighted by Crippen LogP contribution is 2.27. The summed E-state index contributed by atoms with van der Waals surface area (Å²) in [5.41, 5.74) is -0.288. The zero-order valence-corrected chi connectivity index (χ0v) is 14.3. The van der Waals surface area contributed by atoms with Gasteiger partial charge in [-0.25, -0.2) is 4.79 Å². The molecule has 3 N–H and O–H groups in total. The summed E-state index contributed by atoms with van der Waals surface area (Å²) in [5, 5.41) is 15.4. The van der Waals surface area contributed by atoms with Crippen LogP contribution < -0.4 is 10.6 Å². The number of hydrogen-bond donors (Lipinski definition) is 3. The van der Waals surface area contributed by atoms with Crippen molar-refractivity contribution in [1.82, 2.24) is 10.6 Å². The molecule has 0 radical (unpaired) electrons. The molecule has 122 valence electrons. The van der Waals surface area contributed by atoms with E-state index < -0.39 is 5.97 Å². The molecule has 21 heavy (non-hydrogen) atoms. The molecule has 0 bridgehead atoms. The molecular formula is C15H28N2O3S. The highest BCUT2D eigenvalue weighted by atomic mass is 32.2. The molecule has 2 amide bonds. The van der Waals surface area contributed by atoms with Gasteiger partial charge in [-0.05, 0) is 30.9 Å². The summed E-state index contributed by atoms with van der Waals surface area (Å²) in [6.45, 7) is 5.81. The number of urea groups is 1. The third-order valence-electron chi connectivity index (χ3n) is 4.02. The number of amides is 2. The zero-order valence-electron chi connectivity index (χ0n) is 13.4. The normalized spacial score (nSPS) is 24.2. The molecule has 0 aromatic heterocycles. The van der Waals surface area contributed by atoms with Crippen LogP contribution in [-0.2, 0) is 4.79 Å². The van der Waals surface area contributed by atoms with Crippen molar-refractivity contribution >= 4 is 23.8 Å². The van der Waals surface area contributed by atoms with Crippen LogP contribution in [0.5, 0.6) is 0 Å². The fraction of sp³-hybridized carbons (Fsp3) is 0.867. The number of carbonyl (C=O) groups is 2. The molecule has 1 saturated carbocycles. The molecule has 1 fully saturated rings. The Labute approximate surface area is 131 Å². The Hall–Kier alpha value is -0.910. The van der Waals surface area contributed by atoms with Gasteiger partial charge in [-0.3, -0.25) is 4.79 Å². The van der Waals surface area contributed by atoms with Gasteiger partial charge >= 0.3 is 12.0 Å². The van der Waals surface area contributed by atoms with Gasteiger partial charge < -0.3 is 15.7 Å². The second-order valence-corrected chi connectivity index (χ2v) is 7.99. The summed E-state index contributed by atoms with van der Waals surface area (Å²) in [4.78, 5) is 23.1. The lowest BCUT2D eigenvalue weighted by atomic mass is 9.85. The van der Waals surface area contributed by atoms with Crippen molar-refractivity contribution in [3.05, 3.63) is 0 Å². The highest BCUT2D eigenvalue weighted by Gasteiger charge is 2.29. The van der Waals surface area contributed by atoms with Crippen molar-refractivity contribution in [2.24, 2.45) is 5.41 Å². The molecule has 0 aromatic carbocycles. The summed E-state index contributed by atoms with van der Waals surface area (Å²) >= 11 is 1.85. The van der Waals surface area contributed by atoms with Crippen LogP contribution in [0, 0.1) is 5.41 Å². The first kappa shape index (κ1) is 18.1. The van der Waals surface area contributed by atoms with Crippen LogP contribution in [0.1, 0.15) is 52.9 Å². The summed E-state index contributed by atoms with van der Waals surface area (Å²) < 4.78 is 0. The average Bonchev–Trinajstić information content (AvgIpc) is 2.36. The van der Waals surface area contributed by atoms with E-state index in [2.05, 4.69) is 16.9 Å². The van der Waals surface area contributed by atoms with E-state index in [9.17, 15) is 9.59 Å². The topological polar surface area (TPSA) is 78.4 Å². The van der Waals surface area contributed by atoms with Crippen LogP contribution in [0.2, 0.25) is 0 Å². The second-order valence-electron chi connectivity index (χ2n) is 6.86. The Kier molecular flexibility index (Phi) is 6.84. The fourth-order valence-corrected chi connectivity index (χ4v) is 3.45. The maximum Gasteiger partial charge on any atom is 0.315 e. The predicted molar refractivity (Wildman–Crippen MR) is 86.7 cm³/mol. The molecule has 0 aromatic rings. The van der Waals surface area contributed by atoms with E-state index >= 15 is 0 Å². The Bertz CT molecular complexity index is 368. The molecule has 0 saturated heterocycles. The SMILES string of the molecule is CSC1CCCC(NC(=O)NC(CC(=O)O)C(C)(C)C)C1. The Morgan fingerprint density at radius 1 is 1.33 bits per heavy atom. The summed E-state index contributed by atoms with van der Waals surface area (Å²) in [6.07, 6.45) is 6.39. The van der Waals surface area contributed by atoms with Crippen LogP contribution in [0.25, 0.3) is 0 Å². The molecule has 3 unspecified atom stereocenters. The zero-order chi connectivity index (χ0) is 16.0. The molecule has 1 rings (SSSR count). The van der Waals surface area contributed by atoms with Gasteiger partial charge in [0.05, 0.1) is 6.42 Å². The Morgan fingerprint density at radius 3 is 2.52 bits per heavy atom. The maximum atomic E-state index is 12.1. The lowest BCUT2D eigenvalue weighted by molar-refractivity contribution is -0.138. The van der Waals surface area contributed by atoms with Crippen LogP contribution >= 0.6 is 11.8 Å². The van der Waals surface area contributed by atoms with Crippen LogP contribution in [-0.4, -0.2) is 40.7 Å². The number of nitrogens with one attached hydrogen (secondary N) is 2. The van der Waals surface area contributed by atoms with Gasteiger partial charge in [0.15, 0.2) is 0 Å². The van der Waals surface area contributed by atoms with Crippen molar-refractivity contribution in [2.45, 2.75) is 70.2 Å². The standard InChI is InChI=1S/C15H28N2O3S/c1-15(2,3)12(9-13(18)19)17-14(20)16-10-6-5-7-11(8-10)21-4/h10-12H,5-9H2,1-4H3,(H,18,19)(H2,16,17,20). The molecule has 1 aliphatic rings. The number of aliphatic carboxylic acids is 1. The number of carbonyl (C=O) groups excluding carboxylic acids is 1. The fourth-order valence-electron chi connectivity index (χ4n) is 2.62. The van der Waals surface area contributed by atoms with Crippen molar-refractivity contribution in [2.75, 3.05) is 6.26 Å². The van der Waals surface area contributed by atoms with Gasteiger partial charge in [0.1, 0.15) is 0 Å². The van der Waals surface area contributed by atoms with Gasteiger partial charge in [0.2, 0.25) is 0 Å². The minimum atomic E-state index is -0.893. The summed E-state index contributed by atoms with van der Waals surface area (Å²) in [7, 11) is 0. The number of rotatable bonds is 5. The molecule has 1 aliphatic carbocycles. The molecular weight excluding hydrogens is 288 g/mol.